The Balaban J connectivity index is 1.15. The Kier molecular flexibility index (Phi) is 9.07. The number of hydrogen-bond acceptors (Lipinski definition) is 3. The predicted molar refractivity (Wildman–Crippen MR) is 159 cm³/mol. The van der Waals surface area contributed by atoms with Crippen molar-refractivity contribution in [2.45, 2.75) is 68.6 Å². The maximum Gasteiger partial charge on any atom is 0.0232 e. The minimum absolute atomic E-state index is 0.259. The van der Waals surface area contributed by atoms with Gasteiger partial charge in [0.2, 0.25) is 0 Å². The average Bonchev–Trinajstić information content (AvgIpc) is 3.27. The van der Waals surface area contributed by atoms with Gasteiger partial charge in [0.1, 0.15) is 0 Å². The van der Waals surface area contributed by atoms with Gasteiger partial charge in [0.25, 0.3) is 0 Å². The first-order chi connectivity index (χ1) is 18.1. The van der Waals surface area contributed by atoms with Crippen LogP contribution in [0.5, 0.6) is 0 Å². The molecular weight excluding hydrogens is 468 g/mol. The average molecular weight is 513 g/mol. The molecule has 0 N–H and O–H groups in total. The Morgan fingerprint density at radius 3 is 2.54 bits per heavy atom. The van der Waals surface area contributed by atoms with Crippen molar-refractivity contribution in [1.29, 1.82) is 0 Å². The molecule has 1 aliphatic heterocycles. The van der Waals surface area contributed by atoms with Crippen molar-refractivity contribution < 1.29 is 0 Å². The predicted octanol–water partition coefficient (Wildman–Crippen LogP) is 7.94. The number of hydrogen-bond donors (Lipinski definition) is 0. The SMILES string of the molecule is Cc1cccc(SN(C)CC2(CCN3CCC(CCCc4ccccc4)CC3)CCc3ccccc32)c1. The number of rotatable bonds is 11. The number of aryl methyl sites for hydroxylation is 3. The molecule has 0 saturated carbocycles. The molecule has 1 saturated heterocycles. The van der Waals surface area contributed by atoms with Crippen LogP contribution in [-0.2, 0) is 18.3 Å². The van der Waals surface area contributed by atoms with Crippen molar-refractivity contribution in [3.05, 3.63) is 101 Å². The molecule has 0 radical (unpaired) electrons. The van der Waals surface area contributed by atoms with E-state index < -0.39 is 0 Å². The second-order valence-electron chi connectivity index (χ2n) is 11.5. The van der Waals surface area contributed by atoms with Gasteiger partial charge in [-0.05, 0) is 131 Å². The highest BCUT2D eigenvalue weighted by molar-refractivity contribution is 7.97. The molecule has 0 amide bonds. The molecule has 0 aromatic heterocycles. The van der Waals surface area contributed by atoms with E-state index in [9.17, 15) is 0 Å². The summed E-state index contributed by atoms with van der Waals surface area (Å²) >= 11 is 1.91. The zero-order valence-corrected chi connectivity index (χ0v) is 23.7. The lowest BCUT2D eigenvalue weighted by molar-refractivity contribution is 0.158. The molecule has 0 bridgehead atoms. The first kappa shape index (κ1) is 26.5. The number of benzene rings is 3. The lowest BCUT2D eigenvalue weighted by Gasteiger charge is -2.38. The van der Waals surface area contributed by atoms with Crippen LogP contribution >= 0.6 is 11.9 Å². The third-order valence-corrected chi connectivity index (χ3v) is 9.68. The number of piperidine rings is 1. The quantitative estimate of drug-likeness (QED) is 0.241. The number of fused-ring (bicyclic) bond motifs is 1. The zero-order chi connectivity index (χ0) is 25.5. The molecule has 196 valence electrons. The van der Waals surface area contributed by atoms with Gasteiger partial charge in [-0.1, -0.05) is 73.2 Å². The van der Waals surface area contributed by atoms with Gasteiger partial charge in [0, 0.05) is 16.9 Å². The van der Waals surface area contributed by atoms with Crippen LogP contribution in [0.2, 0.25) is 0 Å². The fraction of sp³-hybridized carbons (Fsp3) is 0.471. The van der Waals surface area contributed by atoms with Crippen LogP contribution < -0.4 is 0 Å². The van der Waals surface area contributed by atoms with Crippen LogP contribution in [0.4, 0.5) is 0 Å². The van der Waals surface area contributed by atoms with Crippen molar-refractivity contribution in [3.8, 4) is 0 Å². The van der Waals surface area contributed by atoms with Gasteiger partial charge in [0.15, 0.2) is 0 Å². The summed E-state index contributed by atoms with van der Waals surface area (Å²) in [6.45, 7) is 7.08. The van der Waals surface area contributed by atoms with Gasteiger partial charge < -0.3 is 4.90 Å². The van der Waals surface area contributed by atoms with Crippen LogP contribution in [0.25, 0.3) is 0 Å². The van der Waals surface area contributed by atoms with E-state index in [-0.39, 0.29) is 5.41 Å². The lowest BCUT2D eigenvalue weighted by Crippen LogP contribution is -2.41. The van der Waals surface area contributed by atoms with E-state index >= 15 is 0 Å². The monoisotopic (exact) mass is 512 g/mol. The molecule has 3 heteroatoms. The highest BCUT2D eigenvalue weighted by Gasteiger charge is 2.39. The second-order valence-corrected chi connectivity index (χ2v) is 12.8. The normalized spacial score (nSPS) is 20.4. The Hall–Kier alpha value is -2.07. The maximum absolute atomic E-state index is 2.77. The molecule has 2 nitrogen and oxygen atoms in total. The van der Waals surface area contributed by atoms with E-state index in [2.05, 4.69) is 102 Å². The Labute approximate surface area is 229 Å². The molecule has 3 aromatic carbocycles. The largest absolute Gasteiger partial charge is 0.303 e. The van der Waals surface area contributed by atoms with Crippen LogP contribution in [-0.4, -0.2) is 42.4 Å². The Morgan fingerprint density at radius 2 is 1.73 bits per heavy atom. The molecule has 1 aliphatic carbocycles. The molecule has 1 heterocycles. The van der Waals surface area contributed by atoms with E-state index in [1.807, 2.05) is 11.9 Å². The minimum Gasteiger partial charge on any atom is -0.303 e. The van der Waals surface area contributed by atoms with Crippen molar-refractivity contribution in [3.63, 3.8) is 0 Å². The van der Waals surface area contributed by atoms with E-state index in [4.69, 9.17) is 0 Å². The van der Waals surface area contributed by atoms with E-state index in [0.717, 1.165) is 12.5 Å². The smallest absolute Gasteiger partial charge is 0.0232 e. The second kappa shape index (κ2) is 12.7. The first-order valence-electron chi connectivity index (χ1n) is 14.4. The molecule has 2 aliphatic rings. The van der Waals surface area contributed by atoms with Gasteiger partial charge in [-0.3, -0.25) is 0 Å². The first-order valence-corrected chi connectivity index (χ1v) is 15.2. The number of nitrogens with zero attached hydrogens (tertiary/aromatic N) is 2. The fourth-order valence-electron chi connectivity index (χ4n) is 6.69. The fourth-order valence-corrected chi connectivity index (χ4v) is 7.74. The van der Waals surface area contributed by atoms with E-state index in [1.54, 1.807) is 11.1 Å². The summed E-state index contributed by atoms with van der Waals surface area (Å²) in [5.74, 6) is 0.915. The molecule has 0 spiro atoms. The van der Waals surface area contributed by atoms with Crippen LogP contribution in [0.15, 0.2) is 83.8 Å². The summed E-state index contributed by atoms with van der Waals surface area (Å²) in [4.78, 5) is 4.11. The summed E-state index contributed by atoms with van der Waals surface area (Å²) < 4.78 is 2.50. The van der Waals surface area contributed by atoms with Crippen LogP contribution in [0.3, 0.4) is 0 Å². The van der Waals surface area contributed by atoms with Gasteiger partial charge in [-0.25, -0.2) is 4.31 Å². The highest BCUT2D eigenvalue weighted by atomic mass is 32.2. The van der Waals surface area contributed by atoms with E-state index in [0.29, 0.717) is 0 Å². The summed E-state index contributed by atoms with van der Waals surface area (Å²) in [5, 5.41) is 0. The van der Waals surface area contributed by atoms with Crippen LogP contribution in [0.1, 0.15) is 60.8 Å². The van der Waals surface area contributed by atoms with Crippen molar-refractivity contribution >= 4 is 11.9 Å². The van der Waals surface area contributed by atoms with Gasteiger partial charge in [-0.15, -0.1) is 0 Å². The molecule has 1 atom stereocenters. The Bertz CT molecular complexity index is 1120. The summed E-state index contributed by atoms with van der Waals surface area (Å²) in [5.41, 5.74) is 6.28. The van der Waals surface area contributed by atoms with Crippen LogP contribution in [0, 0.1) is 12.8 Å². The summed E-state index contributed by atoms with van der Waals surface area (Å²) in [7, 11) is 2.29. The van der Waals surface area contributed by atoms with Gasteiger partial charge in [0.05, 0.1) is 0 Å². The molecule has 1 fully saturated rings. The van der Waals surface area contributed by atoms with Gasteiger partial charge in [-0.2, -0.15) is 0 Å². The van der Waals surface area contributed by atoms with Crippen molar-refractivity contribution in [2.24, 2.45) is 5.92 Å². The molecule has 5 rings (SSSR count). The summed E-state index contributed by atoms with van der Waals surface area (Å²) in [6, 6.07) is 29.2. The number of likely N-dealkylation sites (tertiary alicyclic amines) is 1. The summed E-state index contributed by atoms with van der Waals surface area (Å²) in [6.07, 6.45) is 10.5. The standard InChI is InChI=1S/C34H44N2S/c1-28-10-8-16-32(26-28)37-35(2)27-34(21-18-31-15-6-7-17-33(31)34)22-25-36-23-19-30(20-24-36)14-9-13-29-11-4-3-5-12-29/h3-8,10-12,15-17,26,30H,9,13-14,18-25,27H2,1-2H3. The maximum atomic E-state index is 2.77. The topological polar surface area (TPSA) is 6.48 Å². The van der Waals surface area contributed by atoms with Crippen molar-refractivity contribution in [2.75, 3.05) is 33.2 Å². The number of likely N-dealkylation sites (N-methyl/N-ethyl adjacent to an activating group) is 1. The molecule has 37 heavy (non-hydrogen) atoms. The lowest BCUT2D eigenvalue weighted by atomic mass is 9.78. The molecular formula is C34H44N2S. The third-order valence-electron chi connectivity index (χ3n) is 8.77. The van der Waals surface area contributed by atoms with E-state index in [1.165, 1.54) is 87.0 Å². The molecule has 3 aromatic rings. The molecule has 1 unspecified atom stereocenters. The zero-order valence-electron chi connectivity index (χ0n) is 22.9. The van der Waals surface area contributed by atoms with Gasteiger partial charge >= 0.3 is 0 Å². The van der Waals surface area contributed by atoms with Crippen molar-refractivity contribution in [1.82, 2.24) is 9.21 Å². The highest BCUT2D eigenvalue weighted by Crippen LogP contribution is 2.43. The third kappa shape index (κ3) is 7.07. The minimum atomic E-state index is 0.259. The Morgan fingerprint density at radius 1 is 0.946 bits per heavy atom.